The summed E-state index contributed by atoms with van der Waals surface area (Å²) in [5.41, 5.74) is 1.32. The summed E-state index contributed by atoms with van der Waals surface area (Å²) in [5.74, 6) is 0.252. The molecule has 1 N–H and O–H groups in total. The molecule has 0 aliphatic carbocycles. The fourth-order valence-corrected chi connectivity index (χ4v) is 3.33. The molecule has 2 heterocycles. The molecule has 2 aliphatic rings. The van der Waals surface area contributed by atoms with Gasteiger partial charge in [0.2, 0.25) is 5.91 Å². The van der Waals surface area contributed by atoms with E-state index < -0.39 is 0 Å². The highest BCUT2D eigenvalue weighted by molar-refractivity contribution is 5.77. The Labute approximate surface area is 126 Å². The fraction of sp³-hybridized carbons (Fsp3) is 0.588. The van der Waals surface area contributed by atoms with Crippen LogP contribution in [0.4, 0.5) is 0 Å². The maximum atomic E-state index is 12.5. The number of benzene rings is 1. The van der Waals surface area contributed by atoms with E-state index >= 15 is 0 Å². The highest BCUT2D eigenvalue weighted by atomic mass is 16.5. The Kier molecular flexibility index (Phi) is 4.88. The number of ether oxygens (including phenoxy) is 1. The van der Waals surface area contributed by atoms with Crippen LogP contribution < -0.4 is 5.32 Å². The van der Waals surface area contributed by atoms with E-state index in [0.29, 0.717) is 19.1 Å². The van der Waals surface area contributed by atoms with Gasteiger partial charge in [0, 0.05) is 25.7 Å². The van der Waals surface area contributed by atoms with Gasteiger partial charge in [-0.2, -0.15) is 0 Å². The van der Waals surface area contributed by atoms with Gasteiger partial charge in [0.25, 0.3) is 0 Å². The minimum atomic E-state index is 0.0456. The van der Waals surface area contributed by atoms with Gasteiger partial charge in [0.15, 0.2) is 0 Å². The van der Waals surface area contributed by atoms with Gasteiger partial charge in [-0.3, -0.25) is 4.79 Å². The molecular weight excluding hydrogens is 264 g/mol. The van der Waals surface area contributed by atoms with E-state index in [-0.39, 0.29) is 12.0 Å². The zero-order valence-electron chi connectivity index (χ0n) is 12.5. The van der Waals surface area contributed by atoms with E-state index in [1.807, 2.05) is 6.07 Å². The molecule has 0 spiro atoms. The van der Waals surface area contributed by atoms with Crippen LogP contribution in [0.15, 0.2) is 30.3 Å². The summed E-state index contributed by atoms with van der Waals surface area (Å²) in [4.78, 5) is 14.6. The molecule has 0 bridgehead atoms. The largest absolute Gasteiger partial charge is 0.375 e. The maximum Gasteiger partial charge on any atom is 0.225 e. The lowest BCUT2D eigenvalue weighted by Crippen LogP contribution is -2.44. The Morgan fingerprint density at radius 2 is 2.19 bits per heavy atom. The van der Waals surface area contributed by atoms with Gasteiger partial charge >= 0.3 is 0 Å². The van der Waals surface area contributed by atoms with Crippen LogP contribution in [-0.2, 0) is 16.0 Å². The molecule has 0 aromatic heterocycles. The van der Waals surface area contributed by atoms with Gasteiger partial charge < -0.3 is 15.0 Å². The number of carbonyl (C=O) groups excluding carboxylic acids is 1. The molecule has 3 rings (SSSR count). The minimum Gasteiger partial charge on any atom is -0.375 e. The Hall–Kier alpha value is -1.39. The van der Waals surface area contributed by atoms with Crippen molar-refractivity contribution in [2.75, 3.05) is 26.2 Å². The highest BCUT2D eigenvalue weighted by Gasteiger charge is 2.30. The van der Waals surface area contributed by atoms with Gasteiger partial charge in [-0.05, 0) is 24.8 Å². The normalized spacial score (nSPS) is 26.0. The van der Waals surface area contributed by atoms with Crippen LogP contribution in [0.1, 0.15) is 24.8 Å². The standard InChI is InChI=1S/C17H24N2O2/c20-17(12-16-13-18-8-10-21-16)19-9-4-7-15(19)11-14-5-2-1-3-6-14/h1-3,5-6,15-16,18H,4,7-13H2. The van der Waals surface area contributed by atoms with Crippen molar-refractivity contribution in [1.82, 2.24) is 10.2 Å². The first-order chi connectivity index (χ1) is 10.3. The number of hydrogen-bond acceptors (Lipinski definition) is 3. The summed E-state index contributed by atoms with van der Waals surface area (Å²) in [6.45, 7) is 3.30. The van der Waals surface area contributed by atoms with E-state index in [1.165, 1.54) is 5.56 Å². The number of carbonyl (C=O) groups is 1. The lowest BCUT2D eigenvalue weighted by molar-refractivity contribution is -0.135. The average Bonchev–Trinajstić information content (AvgIpc) is 2.97. The summed E-state index contributed by atoms with van der Waals surface area (Å²) in [5, 5.41) is 3.29. The third kappa shape index (κ3) is 3.83. The van der Waals surface area contributed by atoms with Crippen molar-refractivity contribution in [2.45, 2.75) is 37.8 Å². The summed E-state index contributed by atoms with van der Waals surface area (Å²) in [7, 11) is 0. The van der Waals surface area contributed by atoms with Crippen molar-refractivity contribution < 1.29 is 9.53 Å². The molecule has 2 fully saturated rings. The van der Waals surface area contributed by atoms with Gasteiger partial charge in [0.05, 0.1) is 19.1 Å². The highest BCUT2D eigenvalue weighted by Crippen LogP contribution is 2.22. The fourth-order valence-electron chi connectivity index (χ4n) is 3.33. The van der Waals surface area contributed by atoms with E-state index in [1.54, 1.807) is 0 Å². The molecule has 4 nitrogen and oxygen atoms in total. The second-order valence-corrected chi connectivity index (χ2v) is 5.97. The molecule has 2 unspecified atom stereocenters. The second-order valence-electron chi connectivity index (χ2n) is 5.97. The third-order valence-electron chi connectivity index (χ3n) is 4.42. The van der Waals surface area contributed by atoms with Crippen molar-refractivity contribution in [3.8, 4) is 0 Å². The molecule has 0 saturated carbocycles. The molecule has 2 aliphatic heterocycles. The number of nitrogens with one attached hydrogen (secondary N) is 1. The first-order valence-corrected chi connectivity index (χ1v) is 7.98. The molecule has 1 amide bonds. The summed E-state index contributed by atoms with van der Waals surface area (Å²) >= 11 is 0. The molecular formula is C17H24N2O2. The minimum absolute atomic E-state index is 0.0456. The predicted octanol–water partition coefficient (Wildman–Crippen LogP) is 1.60. The van der Waals surface area contributed by atoms with Crippen LogP contribution in [0.3, 0.4) is 0 Å². The van der Waals surface area contributed by atoms with Gasteiger partial charge in [-0.25, -0.2) is 0 Å². The molecule has 2 saturated heterocycles. The molecule has 4 heteroatoms. The summed E-state index contributed by atoms with van der Waals surface area (Å²) in [6, 6.07) is 10.8. The molecule has 0 radical (unpaired) electrons. The van der Waals surface area contributed by atoms with Gasteiger partial charge in [-0.1, -0.05) is 30.3 Å². The van der Waals surface area contributed by atoms with Crippen molar-refractivity contribution in [1.29, 1.82) is 0 Å². The Morgan fingerprint density at radius 1 is 1.33 bits per heavy atom. The summed E-state index contributed by atoms with van der Waals surface area (Å²) < 4.78 is 5.65. The van der Waals surface area contributed by atoms with E-state index in [9.17, 15) is 4.79 Å². The first kappa shape index (κ1) is 14.5. The lowest BCUT2D eigenvalue weighted by atomic mass is 10.0. The van der Waals surface area contributed by atoms with E-state index in [2.05, 4.69) is 34.5 Å². The number of likely N-dealkylation sites (tertiary alicyclic amines) is 1. The third-order valence-corrected chi connectivity index (χ3v) is 4.42. The number of morpholine rings is 1. The van der Waals surface area contributed by atoms with Crippen LogP contribution in [0.2, 0.25) is 0 Å². The monoisotopic (exact) mass is 288 g/mol. The zero-order chi connectivity index (χ0) is 14.5. The smallest absolute Gasteiger partial charge is 0.225 e. The molecule has 114 valence electrons. The first-order valence-electron chi connectivity index (χ1n) is 7.98. The van der Waals surface area contributed by atoms with E-state index in [0.717, 1.165) is 38.9 Å². The zero-order valence-corrected chi connectivity index (χ0v) is 12.5. The van der Waals surface area contributed by atoms with Gasteiger partial charge in [-0.15, -0.1) is 0 Å². The summed E-state index contributed by atoms with van der Waals surface area (Å²) in [6.07, 6.45) is 3.76. The Morgan fingerprint density at radius 3 is 2.95 bits per heavy atom. The van der Waals surface area contributed by atoms with Crippen molar-refractivity contribution in [2.24, 2.45) is 0 Å². The average molecular weight is 288 g/mol. The second kappa shape index (κ2) is 7.05. The van der Waals surface area contributed by atoms with Crippen LogP contribution >= 0.6 is 0 Å². The van der Waals surface area contributed by atoms with Crippen LogP contribution in [0.25, 0.3) is 0 Å². The van der Waals surface area contributed by atoms with Crippen molar-refractivity contribution >= 4 is 5.91 Å². The lowest BCUT2D eigenvalue weighted by Gasteiger charge is -2.29. The Bertz CT molecular complexity index is 457. The van der Waals surface area contributed by atoms with Crippen LogP contribution in [0, 0.1) is 0 Å². The molecule has 1 aromatic rings. The molecule has 21 heavy (non-hydrogen) atoms. The topological polar surface area (TPSA) is 41.6 Å². The quantitative estimate of drug-likeness (QED) is 0.915. The maximum absolute atomic E-state index is 12.5. The predicted molar refractivity (Wildman–Crippen MR) is 82.1 cm³/mol. The van der Waals surface area contributed by atoms with Crippen LogP contribution in [0.5, 0.6) is 0 Å². The van der Waals surface area contributed by atoms with Gasteiger partial charge in [0.1, 0.15) is 0 Å². The van der Waals surface area contributed by atoms with E-state index in [4.69, 9.17) is 4.74 Å². The number of rotatable bonds is 4. The SMILES string of the molecule is O=C(CC1CNCCO1)N1CCCC1Cc1ccccc1. The number of nitrogens with zero attached hydrogens (tertiary/aromatic N) is 1. The van der Waals surface area contributed by atoms with Crippen molar-refractivity contribution in [3.05, 3.63) is 35.9 Å². The Balaban J connectivity index is 1.56. The number of amides is 1. The van der Waals surface area contributed by atoms with Crippen LogP contribution in [-0.4, -0.2) is 49.2 Å². The molecule has 1 aromatic carbocycles. The molecule has 2 atom stereocenters. The number of hydrogen-bond donors (Lipinski definition) is 1. The van der Waals surface area contributed by atoms with Crippen molar-refractivity contribution in [3.63, 3.8) is 0 Å².